The fourth-order valence-electron chi connectivity index (χ4n) is 2.99. The van der Waals surface area contributed by atoms with Crippen LogP contribution in [0.3, 0.4) is 0 Å². The summed E-state index contributed by atoms with van der Waals surface area (Å²) in [5.74, 6) is -0.139. The fourth-order valence-corrected chi connectivity index (χ4v) is 2.99. The standard InChI is InChI=1S/C17H23NO2/c1-18(13-14-7-3-2-4-8-14)16-10-6-5-9-15(16)11-12-17(19)20/h5-6,9-12,14H,2-4,7-8,13H2,1H3,(H,19,20). The van der Waals surface area contributed by atoms with Crippen LogP contribution in [0.25, 0.3) is 6.08 Å². The molecule has 0 unspecified atom stereocenters. The number of anilines is 1. The molecule has 20 heavy (non-hydrogen) atoms. The van der Waals surface area contributed by atoms with Crippen LogP contribution < -0.4 is 4.90 Å². The molecule has 3 nitrogen and oxygen atoms in total. The second kappa shape index (κ2) is 7.13. The summed E-state index contributed by atoms with van der Waals surface area (Å²) >= 11 is 0. The van der Waals surface area contributed by atoms with Gasteiger partial charge in [0.1, 0.15) is 0 Å². The van der Waals surface area contributed by atoms with E-state index in [4.69, 9.17) is 5.11 Å². The molecule has 0 heterocycles. The van der Waals surface area contributed by atoms with Crippen molar-refractivity contribution in [1.29, 1.82) is 0 Å². The zero-order valence-corrected chi connectivity index (χ0v) is 12.1. The number of rotatable bonds is 5. The Labute approximate surface area is 120 Å². The molecule has 0 amide bonds. The largest absolute Gasteiger partial charge is 0.478 e. The maximum absolute atomic E-state index is 10.7. The summed E-state index contributed by atoms with van der Waals surface area (Å²) in [5, 5.41) is 8.76. The summed E-state index contributed by atoms with van der Waals surface area (Å²) in [6.07, 6.45) is 9.58. The molecule has 0 spiro atoms. The minimum atomic E-state index is -0.908. The van der Waals surface area contributed by atoms with E-state index in [1.54, 1.807) is 6.08 Å². The van der Waals surface area contributed by atoms with Gasteiger partial charge >= 0.3 is 5.97 Å². The van der Waals surface area contributed by atoms with Crippen molar-refractivity contribution in [3.05, 3.63) is 35.9 Å². The van der Waals surface area contributed by atoms with E-state index >= 15 is 0 Å². The van der Waals surface area contributed by atoms with Gasteiger partial charge in [-0.15, -0.1) is 0 Å². The predicted molar refractivity (Wildman–Crippen MR) is 83.0 cm³/mol. The van der Waals surface area contributed by atoms with Gasteiger partial charge in [0.2, 0.25) is 0 Å². The van der Waals surface area contributed by atoms with Crippen molar-refractivity contribution >= 4 is 17.7 Å². The Morgan fingerprint density at radius 2 is 2.00 bits per heavy atom. The molecule has 0 atom stereocenters. The number of aliphatic carboxylic acids is 1. The van der Waals surface area contributed by atoms with Crippen molar-refractivity contribution in [3.63, 3.8) is 0 Å². The molecule has 1 saturated carbocycles. The third-order valence-electron chi connectivity index (χ3n) is 4.01. The van der Waals surface area contributed by atoms with Gasteiger partial charge in [0.15, 0.2) is 0 Å². The zero-order chi connectivity index (χ0) is 14.4. The molecule has 0 radical (unpaired) electrons. The van der Waals surface area contributed by atoms with Crippen LogP contribution >= 0.6 is 0 Å². The smallest absolute Gasteiger partial charge is 0.328 e. The molecule has 108 valence electrons. The highest BCUT2D eigenvalue weighted by molar-refractivity contribution is 5.86. The van der Waals surface area contributed by atoms with Crippen molar-refractivity contribution in [2.75, 3.05) is 18.5 Å². The lowest BCUT2D eigenvalue weighted by Crippen LogP contribution is -2.27. The molecule has 0 aromatic heterocycles. The van der Waals surface area contributed by atoms with Crippen LogP contribution in [0.1, 0.15) is 37.7 Å². The van der Waals surface area contributed by atoms with Gasteiger partial charge in [0.25, 0.3) is 0 Å². The summed E-state index contributed by atoms with van der Waals surface area (Å²) < 4.78 is 0. The van der Waals surface area contributed by atoms with Gasteiger partial charge in [-0.25, -0.2) is 4.79 Å². The van der Waals surface area contributed by atoms with Crippen molar-refractivity contribution in [1.82, 2.24) is 0 Å². The first-order valence-electron chi connectivity index (χ1n) is 7.38. The number of hydrogen-bond donors (Lipinski definition) is 1. The normalized spacial score (nSPS) is 16.4. The van der Waals surface area contributed by atoms with Crippen LogP contribution in [0.15, 0.2) is 30.3 Å². The molecule has 1 aliphatic carbocycles. The first-order chi connectivity index (χ1) is 9.66. The van der Waals surface area contributed by atoms with Gasteiger partial charge in [-0.05, 0) is 36.5 Å². The lowest BCUT2D eigenvalue weighted by atomic mass is 9.89. The number of benzene rings is 1. The predicted octanol–water partition coefficient (Wildman–Crippen LogP) is 3.80. The molecule has 2 rings (SSSR count). The minimum absolute atomic E-state index is 0.769. The van der Waals surface area contributed by atoms with E-state index in [1.807, 2.05) is 18.2 Å². The molecule has 1 N–H and O–H groups in total. The Balaban J connectivity index is 2.08. The van der Waals surface area contributed by atoms with Crippen LogP contribution in [0.4, 0.5) is 5.69 Å². The van der Waals surface area contributed by atoms with Crippen molar-refractivity contribution in [2.24, 2.45) is 5.92 Å². The highest BCUT2D eigenvalue weighted by Gasteiger charge is 2.16. The number of carboxylic acid groups (broad SMARTS) is 1. The van der Waals surface area contributed by atoms with Gasteiger partial charge in [-0.2, -0.15) is 0 Å². The first-order valence-corrected chi connectivity index (χ1v) is 7.38. The quantitative estimate of drug-likeness (QED) is 0.829. The van der Waals surface area contributed by atoms with Gasteiger partial charge in [0, 0.05) is 25.4 Å². The fraction of sp³-hybridized carbons (Fsp3) is 0.471. The van der Waals surface area contributed by atoms with Crippen molar-refractivity contribution < 1.29 is 9.90 Å². The van der Waals surface area contributed by atoms with E-state index in [2.05, 4.69) is 18.0 Å². The molecule has 3 heteroatoms. The lowest BCUT2D eigenvalue weighted by molar-refractivity contribution is -0.131. The van der Waals surface area contributed by atoms with E-state index in [-0.39, 0.29) is 0 Å². The topological polar surface area (TPSA) is 40.5 Å². The van der Waals surface area contributed by atoms with E-state index in [0.29, 0.717) is 0 Å². The van der Waals surface area contributed by atoms with E-state index in [9.17, 15) is 4.79 Å². The third kappa shape index (κ3) is 4.12. The first kappa shape index (κ1) is 14.6. The molecule has 0 bridgehead atoms. The van der Waals surface area contributed by atoms with Crippen LogP contribution in [-0.4, -0.2) is 24.7 Å². The van der Waals surface area contributed by atoms with Gasteiger partial charge in [-0.3, -0.25) is 0 Å². The average molecular weight is 273 g/mol. The van der Waals surface area contributed by atoms with Crippen LogP contribution in [0.2, 0.25) is 0 Å². The minimum Gasteiger partial charge on any atom is -0.478 e. The van der Waals surface area contributed by atoms with Crippen molar-refractivity contribution in [2.45, 2.75) is 32.1 Å². The molecular weight excluding hydrogens is 250 g/mol. The number of nitrogens with zero attached hydrogens (tertiary/aromatic N) is 1. The molecule has 1 fully saturated rings. The Morgan fingerprint density at radius 3 is 2.70 bits per heavy atom. The summed E-state index contributed by atoms with van der Waals surface area (Å²) in [4.78, 5) is 12.9. The highest BCUT2D eigenvalue weighted by Crippen LogP contribution is 2.27. The Bertz CT molecular complexity index is 476. The SMILES string of the molecule is CN(CC1CCCCC1)c1ccccc1C=CC(=O)O. The van der Waals surface area contributed by atoms with Crippen LogP contribution in [0, 0.1) is 5.92 Å². The summed E-state index contributed by atoms with van der Waals surface area (Å²) in [6.45, 7) is 1.05. The van der Waals surface area contributed by atoms with E-state index in [1.165, 1.54) is 38.2 Å². The Morgan fingerprint density at radius 1 is 1.30 bits per heavy atom. The van der Waals surface area contributed by atoms with Gasteiger partial charge < -0.3 is 10.0 Å². The van der Waals surface area contributed by atoms with Gasteiger partial charge in [-0.1, -0.05) is 37.5 Å². The van der Waals surface area contributed by atoms with Gasteiger partial charge in [0.05, 0.1) is 0 Å². The third-order valence-corrected chi connectivity index (χ3v) is 4.01. The van der Waals surface area contributed by atoms with E-state index < -0.39 is 5.97 Å². The molecule has 1 aromatic carbocycles. The molecule has 1 aliphatic rings. The number of carboxylic acids is 1. The Kier molecular flexibility index (Phi) is 5.22. The maximum atomic E-state index is 10.7. The van der Waals surface area contributed by atoms with Crippen LogP contribution in [-0.2, 0) is 4.79 Å². The monoisotopic (exact) mass is 273 g/mol. The zero-order valence-electron chi connectivity index (χ0n) is 12.1. The summed E-state index contributed by atoms with van der Waals surface area (Å²) in [6, 6.07) is 7.97. The highest BCUT2D eigenvalue weighted by atomic mass is 16.4. The second-order valence-corrected chi connectivity index (χ2v) is 5.61. The number of hydrogen-bond acceptors (Lipinski definition) is 2. The summed E-state index contributed by atoms with van der Waals surface area (Å²) in [7, 11) is 2.10. The van der Waals surface area contributed by atoms with E-state index in [0.717, 1.165) is 23.7 Å². The number of carbonyl (C=O) groups is 1. The Hall–Kier alpha value is -1.77. The molecule has 0 saturated heterocycles. The lowest BCUT2D eigenvalue weighted by Gasteiger charge is -2.29. The number of para-hydroxylation sites is 1. The average Bonchev–Trinajstić information content (AvgIpc) is 2.46. The molecule has 1 aromatic rings. The van der Waals surface area contributed by atoms with Crippen LogP contribution in [0.5, 0.6) is 0 Å². The van der Waals surface area contributed by atoms with Crippen molar-refractivity contribution in [3.8, 4) is 0 Å². The molecule has 0 aliphatic heterocycles. The summed E-state index contributed by atoms with van der Waals surface area (Å²) in [5.41, 5.74) is 2.07. The molecular formula is C17H23NO2. The second-order valence-electron chi connectivity index (χ2n) is 5.61. The maximum Gasteiger partial charge on any atom is 0.328 e.